The van der Waals surface area contributed by atoms with Crippen molar-refractivity contribution in [1.82, 2.24) is 10.2 Å². The summed E-state index contributed by atoms with van der Waals surface area (Å²) in [5, 5.41) is 10.9. The van der Waals surface area contributed by atoms with E-state index in [4.69, 9.17) is 10.00 Å². The molecule has 22 heavy (non-hydrogen) atoms. The lowest BCUT2D eigenvalue weighted by atomic mass is 10.1. The maximum atomic E-state index is 11.8. The number of carbonyl (C=O) groups excluding carboxylic acids is 3. The van der Waals surface area contributed by atoms with Crippen molar-refractivity contribution < 1.29 is 19.1 Å². The topological polar surface area (TPSA) is 99.5 Å². The summed E-state index contributed by atoms with van der Waals surface area (Å²) < 4.78 is 5.09. The molecule has 0 bridgehead atoms. The summed E-state index contributed by atoms with van der Waals surface area (Å²) >= 11 is 0. The second-order valence-corrected chi connectivity index (χ2v) is 4.92. The van der Waals surface area contributed by atoms with E-state index in [2.05, 4.69) is 5.32 Å². The largest absolute Gasteiger partial charge is 0.460 e. The minimum absolute atomic E-state index is 0.00322. The number of esters is 1. The molecule has 1 aromatic rings. The summed E-state index contributed by atoms with van der Waals surface area (Å²) in [5.41, 5.74) is 1.47. The van der Waals surface area contributed by atoms with Crippen LogP contribution in [0, 0.1) is 24.2 Å². The van der Waals surface area contributed by atoms with Gasteiger partial charge < -0.3 is 9.64 Å². The first-order chi connectivity index (χ1) is 10.5. The zero-order valence-corrected chi connectivity index (χ0v) is 12.0. The van der Waals surface area contributed by atoms with Crippen LogP contribution in [0.2, 0.25) is 0 Å². The monoisotopic (exact) mass is 301 g/mol. The third-order valence-electron chi connectivity index (χ3n) is 3.27. The number of nitrogens with zero attached hydrogens (tertiary/aromatic N) is 2. The maximum Gasteiger partial charge on any atom is 0.338 e. The van der Waals surface area contributed by atoms with Crippen LogP contribution in [0.25, 0.3) is 0 Å². The number of aryl methyl sites for hydroxylation is 1. The van der Waals surface area contributed by atoms with E-state index in [1.807, 2.05) is 13.0 Å². The minimum Gasteiger partial charge on any atom is -0.460 e. The average Bonchev–Trinajstić information content (AvgIpc) is 2.50. The highest BCUT2D eigenvalue weighted by Crippen LogP contribution is 2.08. The van der Waals surface area contributed by atoms with E-state index in [1.165, 1.54) is 4.90 Å². The summed E-state index contributed by atoms with van der Waals surface area (Å²) in [6, 6.07) is 8.17. The molecule has 2 rings (SSSR count). The summed E-state index contributed by atoms with van der Waals surface area (Å²) in [7, 11) is 0. The highest BCUT2D eigenvalue weighted by molar-refractivity contribution is 5.99. The molecule has 114 valence electrons. The number of amides is 3. The van der Waals surface area contributed by atoms with Gasteiger partial charge in [-0.15, -0.1) is 0 Å². The number of hydrogen-bond donors (Lipinski definition) is 1. The van der Waals surface area contributed by atoms with E-state index in [0.29, 0.717) is 5.56 Å². The molecule has 1 fully saturated rings. The van der Waals surface area contributed by atoms with Gasteiger partial charge in [0.15, 0.2) is 0 Å². The Bertz CT molecular complexity index is 633. The summed E-state index contributed by atoms with van der Waals surface area (Å²) in [6.45, 7) is 2.03. The van der Waals surface area contributed by atoms with Crippen molar-refractivity contribution in [3.05, 3.63) is 35.4 Å². The van der Waals surface area contributed by atoms with Crippen molar-refractivity contribution in [2.45, 2.75) is 6.92 Å². The van der Waals surface area contributed by atoms with Crippen molar-refractivity contribution in [2.24, 2.45) is 5.92 Å². The van der Waals surface area contributed by atoms with Crippen LogP contribution in [0.4, 0.5) is 4.79 Å². The van der Waals surface area contributed by atoms with Gasteiger partial charge in [-0.05, 0) is 19.1 Å². The van der Waals surface area contributed by atoms with Crippen LogP contribution in [0.5, 0.6) is 0 Å². The molecule has 1 aliphatic heterocycles. The van der Waals surface area contributed by atoms with E-state index in [0.717, 1.165) is 5.56 Å². The smallest absolute Gasteiger partial charge is 0.338 e. The molecular formula is C15H15N3O4. The predicted octanol–water partition coefficient (Wildman–Crippen LogP) is 0.843. The molecule has 0 spiro atoms. The highest BCUT2D eigenvalue weighted by atomic mass is 16.5. The van der Waals surface area contributed by atoms with Crippen LogP contribution >= 0.6 is 0 Å². The van der Waals surface area contributed by atoms with Gasteiger partial charge in [-0.25, -0.2) is 9.59 Å². The van der Waals surface area contributed by atoms with Crippen LogP contribution < -0.4 is 5.32 Å². The normalized spacial score (nSPS) is 17.6. The second-order valence-electron chi connectivity index (χ2n) is 4.92. The second kappa shape index (κ2) is 6.72. The summed E-state index contributed by atoms with van der Waals surface area (Å²) in [4.78, 5) is 36.0. The molecule has 7 nitrogen and oxygen atoms in total. The van der Waals surface area contributed by atoms with Gasteiger partial charge in [0.25, 0.3) is 0 Å². The van der Waals surface area contributed by atoms with Crippen molar-refractivity contribution in [1.29, 1.82) is 5.26 Å². The Morgan fingerprint density at radius 1 is 1.41 bits per heavy atom. The predicted molar refractivity (Wildman–Crippen MR) is 75.7 cm³/mol. The molecule has 1 saturated heterocycles. The Morgan fingerprint density at radius 3 is 2.73 bits per heavy atom. The fourth-order valence-electron chi connectivity index (χ4n) is 1.97. The fraction of sp³-hybridized carbons (Fsp3) is 0.333. The van der Waals surface area contributed by atoms with Gasteiger partial charge in [-0.3, -0.25) is 10.1 Å². The van der Waals surface area contributed by atoms with Gasteiger partial charge in [0.05, 0.1) is 18.2 Å². The number of urea groups is 1. The number of nitrogens with one attached hydrogen (secondary N) is 1. The lowest BCUT2D eigenvalue weighted by Crippen LogP contribution is -2.54. The highest BCUT2D eigenvalue weighted by Gasteiger charge is 2.31. The third-order valence-corrected chi connectivity index (χ3v) is 3.27. The molecule has 0 saturated carbocycles. The molecular weight excluding hydrogens is 286 g/mol. The first-order valence-electron chi connectivity index (χ1n) is 6.74. The Hall–Kier alpha value is -2.88. The zero-order chi connectivity index (χ0) is 16.1. The molecule has 0 aromatic heterocycles. The van der Waals surface area contributed by atoms with E-state index >= 15 is 0 Å². The molecule has 1 heterocycles. The van der Waals surface area contributed by atoms with Crippen LogP contribution in [-0.4, -0.2) is 42.5 Å². The van der Waals surface area contributed by atoms with E-state index in [9.17, 15) is 14.4 Å². The SMILES string of the molecule is Cc1ccc(C(=O)OCCN2CC(C#N)C(=O)NC2=O)cc1. The quantitative estimate of drug-likeness (QED) is 0.831. The van der Waals surface area contributed by atoms with Crippen molar-refractivity contribution in [2.75, 3.05) is 19.7 Å². The van der Waals surface area contributed by atoms with Gasteiger partial charge in [0, 0.05) is 6.54 Å². The number of benzene rings is 1. The molecule has 1 atom stereocenters. The van der Waals surface area contributed by atoms with Crippen LogP contribution in [0.3, 0.4) is 0 Å². The molecule has 1 aromatic carbocycles. The zero-order valence-electron chi connectivity index (χ0n) is 12.0. The lowest BCUT2D eigenvalue weighted by molar-refractivity contribution is -0.124. The molecule has 1 unspecified atom stereocenters. The van der Waals surface area contributed by atoms with Gasteiger partial charge in [-0.2, -0.15) is 5.26 Å². The van der Waals surface area contributed by atoms with Gasteiger partial charge >= 0.3 is 12.0 Å². The number of hydrogen-bond acceptors (Lipinski definition) is 5. The Labute approximate surface area is 127 Å². The number of rotatable bonds is 4. The fourth-order valence-corrected chi connectivity index (χ4v) is 1.97. The molecule has 1 N–H and O–H groups in total. The summed E-state index contributed by atoms with van der Waals surface area (Å²) in [6.07, 6.45) is 0. The van der Waals surface area contributed by atoms with Crippen molar-refractivity contribution >= 4 is 17.9 Å². The number of carbonyl (C=O) groups is 3. The molecule has 0 radical (unpaired) electrons. The van der Waals surface area contributed by atoms with Crippen molar-refractivity contribution in [3.8, 4) is 6.07 Å². The van der Waals surface area contributed by atoms with Crippen LogP contribution in [-0.2, 0) is 9.53 Å². The molecule has 1 aliphatic rings. The van der Waals surface area contributed by atoms with E-state index < -0.39 is 23.8 Å². The maximum absolute atomic E-state index is 11.8. The van der Waals surface area contributed by atoms with Crippen LogP contribution in [0.1, 0.15) is 15.9 Å². The Kier molecular flexibility index (Phi) is 4.73. The van der Waals surface area contributed by atoms with Gasteiger partial charge in [-0.1, -0.05) is 17.7 Å². The van der Waals surface area contributed by atoms with Crippen molar-refractivity contribution in [3.63, 3.8) is 0 Å². The molecule has 7 heteroatoms. The third kappa shape index (κ3) is 3.61. The number of imide groups is 1. The lowest BCUT2D eigenvalue weighted by Gasteiger charge is -2.28. The minimum atomic E-state index is -0.898. The van der Waals surface area contributed by atoms with E-state index in [1.54, 1.807) is 24.3 Å². The standard InChI is InChI=1S/C15H15N3O4/c1-10-2-4-11(5-3-10)14(20)22-7-6-18-9-12(8-16)13(19)17-15(18)21/h2-5,12H,6-7,9H2,1H3,(H,17,19,21). The first kappa shape index (κ1) is 15.5. The molecule has 3 amide bonds. The molecule has 0 aliphatic carbocycles. The first-order valence-corrected chi connectivity index (χ1v) is 6.74. The number of nitriles is 1. The summed E-state index contributed by atoms with van der Waals surface area (Å²) in [5.74, 6) is -1.98. The number of ether oxygens (including phenoxy) is 1. The van der Waals surface area contributed by atoms with E-state index in [-0.39, 0.29) is 19.7 Å². The van der Waals surface area contributed by atoms with Gasteiger partial charge in [0.1, 0.15) is 12.5 Å². The van der Waals surface area contributed by atoms with Gasteiger partial charge in [0.2, 0.25) is 5.91 Å². The Balaban J connectivity index is 1.84. The Morgan fingerprint density at radius 2 is 2.09 bits per heavy atom. The average molecular weight is 301 g/mol. The van der Waals surface area contributed by atoms with Crippen LogP contribution in [0.15, 0.2) is 24.3 Å².